The van der Waals surface area contributed by atoms with Gasteiger partial charge in [-0.05, 0) is 18.2 Å². The van der Waals surface area contributed by atoms with Gasteiger partial charge in [0, 0.05) is 44.0 Å². The van der Waals surface area contributed by atoms with Crippen LogP contribution in [0.4, 0.5) is 25.8 Å². The zero-order valence-corrected chi connectivity index (χ0v) is 14.0. The number of halogens is 3. The summed E-state index contributed by atoms with van der Waals surface area (Å²) in [6.45, 7) is 2.50. The van der Waals surface area contributed by atoms with E-state index in [0.717, 1.165) is 5.69 Å². The third kappa shape index (κ3) is 3.19. The van der Waals surface area contributed by atoms with Crippen molar-refractivity contribution in [2.24, 2.45) is 0 Å². The molecule has 1 fully saturated rings. The lowest BCUT2D eigenvalue weighted by atomic mass is 10.2. The number of nitrogens with zero attached hydrogens (tertiary/aromatic N) is 2. The molecule has 0 radical (unpaired) electrons. The SMILES string of the molecule is COc1cc(N2CCN(c3ccc(Cl)c(F)c3)CC2)c(F)cc1N. The number of ether oxygens (including phenoxy) is 1. The van der Waals surface area contributed by atoms with Gasteiger partial charge in [0.25, 0.3) is 0 Å². The van der Waals surface area contributed by atoms with Gasteiger partial charge in [-0.15, -0.1) is 0 Å². The van der Waals surface area contributed by atoms with Crippen molar-refractivity contribution in [2.45, 2.75) is 0 Å². The van der Waals surface area contributed by atoms with Gasteiger partial charge in [0.1, 0.15) is 17.4 Å². The van der Waals surface area contributed by atoms with Crippen molar-refractivity contribution in [3.63, 3.8) is 0 Å². The summed E-state index contributed by atoms with van der Waals surface area (Å²) in [5, 5.41) is 0.105. The van der Waals surface area contributed by atoms with Crippen molar-refractivity contribution in [3.8, 4) is 5.75 Å². The number of nitrogen functional groups attached to an aromatic ring is 1. The Labute approximate surface area is 144 Å². The average molecular weight is 354 g/mol. The predicted molar refractivity (Wildman–Crippen MR) is 93.2 cm³/mol. The Balaban J connectivity index is 1.74. The normalized spacial score (nSPS) is 14.8. The van der Waals surface area contributed by atoms with Crippen LogP contribution in [0.25, 0.3) is 0 Å². The second-order valence-corrected chi connectivity index (χ2v) is 6.03. The Hall–Kier alpha value is -2.21. The molecule has 0 aromatic heterocycles. The lowest BCUT2D eigenvalue weighted by molar-refractivity contribution is 0.416. The number of methoxy groups -OCH3 is 1. The van der Waals surface area contributed by atoms with Gasteiger partial charge in [-0.3, -0.25) is 0 Å². The summed E-state index contributed by atoms with van der Waals surface area (Å²) in [5.74, 6) is -0.362. The summed E-state index contributed by atoms with van der Waals surface area (Å²) in [5.41, 5.74) is 7.22. The highest BCUT2D eigenvalue weighted by Gasteiger charge is 2.21. The molecule has 2 aromatic carbocycles. The van der Waals surface area contributed by atoms with Gasteiger partial charge in [0.2, 0.25) is 0 Å². The number of benzene rings is 2. The maximum atomic E-state index is 14.2. The Bertz CT molecular complexity index is 749. The molecule has 0 spiro atoms. The fourth-order valence-corrected chi connectivity index (χ4v) is 2.98. The van der Waals surface area contributed by atoms with Gasteiger partial charge >= 0.3 is 0 Å². The molecular weight excluding hydrogens is 336 g/mol. The minimum Gasteiger partial charge on any atom is -0.495 e. The van der Waals surface area contributed by atoms with E-state index in [4.69, 9.17) is 22.1 Å². The summed E-state index contributed by atoms with van der Waals surface area (Å²) in [6.07, 6.45) is 0. The fourth-order valence-electron chi connectivity index (χ4n) is 2.86. The minimum absolute atomic E-state index is 0.105. The molecule has 0 unspecified atom stereocenters. The number of anilines is 3. The lowest BCUT2D eigenvalue weighted by Gasteiger charge is -2.37. The van der Waals surface area contributed by atoms with Crippen LogP contribution in [0.3, 0.4) is 0 Å². The van der Waals surface area contributed by atoms with Crippen molar-refractivity contribution in [1.82, 2.24) is 0 Å². The van der Waals surface area contributed by atoms with Gasteiger partial charge in [0.05, 0.1) is 23.5 Å². The fraction of sp³-hybridized carbons (Fsp3) is 0.294. The number of piperazine rings is 1. The molecule has 2 aromatic rings. The average Bonchev–Trinajstić information content (AvgIpc) is 2.58. The van der Waals surface area contributed by atoms with Crippen molar-refractivity contribution < 1.29 is 13.5 Å². The molecule has 1 heterocycles. The summed E-state index contributed by atoms with van der Waals surface area (Å²) >= 11 is 5.72. The molecule has 1 saturated heterocycles. The van der Waals surface area contributed by atoms with Crippen molar-refractivity contribution >= 4 is 28.7 Å². The van der Waals surface area contributed by atoms with Crippen LogP contribution in [-0.2, 0) is 0 Å². The topological polar surface area (TPSA) is 41.7 Å². The molecule has 0 atom stereocenters. The van der Waals surface area contributed by atoms with Crippen LogP contribution < -0.4 is 20.3 Å². The summed E-state index contributed by atoms with van der Waals surface area (Å²) in [7, 11) is 1.50. The molecular formula is C17H18ClF2N3O. The maximum Gasteiger partial charge on any atom is 0.148 e. The monoisotopic (exact) mass is 353 g/mol. The summed E-state index contributed by atoms with van der Waals surface area (Å²) < 4.78 is 33.0. The Morgan fingerprint density at radius 1 is 1.00 bits per heavy atom. The summed E-state index contributed by atoms with van der Waals surface area (Å²) in [6, 6.07) is 7.64. The molecule has 7 heteroatoms. The van der Waals surface area contributed by atoms with Gasteiger partial charge in [-0.25, -0.2) is 8.78 Å². The standard InChI is InChI=1S/C17H18ClF2N3O/c1-24-17-10-16(14(20)9-15(17)21)23-6-4-22(5-7-23)11-2-3-12(18)13(19)8-11/h2-3,8-10H,4-7,21H2,1H3. The van der Waals surface area contributed by atoms with E-state index in [9.17, 15) is 8.78 Å². The first-order valence-electron chi connectivity index (χ1n) is 7.57. The first kappa shape index (κ1) is 16.6. The number of rotatable bonds is 3. The molecule has 1 aliphatic rings. The molecule has 0 bridgehead atoms. The highest BCUT2D eigenvalue weighted by molar-refractivity contribution is 6.30. The molecule has 0 amide bonds. The largest absolute Gasteiger partial charge is 0.495 e. The number of hydrogen-bond acceptors (Lipinski definition) is 4. The van der Waals surface area contributed by atoms with E-state index in [0.29, 0.717) is 37.6 Å². The molecule has 1 aliphatic heterocycles. The van der Waals surface area contributed by atoms with Crippen molar-refractivity contribution in [1.29, 1.82) is 0 Å². The van der Waals surface area contributed by atoms with Gasteiger partial charge in [-0.2, -0.15) is 0 Å². The van der Waals surface area contributed by atoms with E-state index < -0.39 is 5.82 Å². The van der Waals surface area contributed by atoms with Crippen molar-refractivity contribution in [2.75, 3.05) is 48.8 Å². The Morgan fingerprint density at radius 2 is 1.67 bits per heavy atom. The third-order valence-electron chi connectivity index (χ3n) is 4.19. The zero-order valence-electron chi connectivity index (χ0n) is 13.2. The van der Waals surface area contributed by atoms with Gasteiger partial charge in [0.15, 0.2) is 0 Å². The Morgan fingerprint density at radius 3 is 2.29 bits per heavy atom. The van der Waals surface area contributed by atoms with Crippen molar-refractivity contribution in [3.05, 3.63) is 47.0 Å². The number of hydrogen-bond donors (Lipinski definition) is 1. The molecule has 3 rings (SSSR count). The molecule has 0 aliphatic carbocycles. The van der Waals surface area contributed by atoms with E-state index >= 15 is 0 Å². The molecule has 128 valence electrons. The third-order valence-corrected chi connectivity index (χ3v) is 4.49. The van der Waals surface area contributed by atoms with Crippen LogP contribution in [-0.4, -0.2) is 33.3 Å². The van der Waals surface area contributed by atoms with Crippen LogP contribution in [0.1, 0.15) is 0 Å². The maximum absolute atomic E-state index is 14.2. The Kier molecular flexibility index (Phi) is 4.66. The molecule has 0 saturated carbocycles. The van der Waals surface area contributed by atoms with E-state index in [-0.39, 0.29) is 16.5 Å². The highest BCUT2D eigenvalue weighted by Crippen LogP contribution is 2.32. The smallest absolute Gasteiger partial charge is 0.148 e. The van der Waals surface area contributed by atoms with E-state index in [1.807, 2.05) is 9.80 Å². The molecule has 2 N–H and O–H groups in total. The van der Waals surface area contributed by atoms with Crippen LogP contribution >= 0.6 is 11.6 Å². The lowest BCUT2D eigenvalue weighted by Crippen LogP contribution is -2.46. The first-order chi connectivity index (χ1) is 11.5. The highest BCUT2D eigenvalue weighted by atomic mass is 35.5. The molecule has 24 heavy (non-hydrogen) atoms. The summed E-state index contributed by atoms with van der Waals surface area (Å²) in [4.78, 5) is 3.97. The van der Waals surface area contributed by atoms with E-state index in [2.05, 4.69) is 0 Å². The predicted octanol–water partition coefficient (Wildman–Crippen LogP) is 3.54. The van der Waals surface area contributed by atoms with Crippen LogP contribution in [0, 0.1) is 11.6 Å². The minimum atomic E-state index is -0.439. The van der Waals surface area contributed by atoms with Crippen LogP contribution in [0.2, 0.25) is 5.02 Å². The van der Waals surface area contributed by atoms with E-state index in [1.165, 1.54) is 19.2 Å². The molecule has 4 nitrogen and oxygen atoms in total. The van der Waals surface area contributed by atoms with E-state index in [1.54, 1.807) is 18.2 Å². The quantitative estimate of drug-likeness (QED) is 0.857. The van der Waals surface area contributed by atoms with Crippen LogP contribution in [0.15, 0.2) is 30.3 Å². The number of nitrogens with two attached hydrogens (primary N) is 1. The second kappa shape index (κ2) is 6.73. The zero-order chi connectivity index (χ0) is 17.3. The first-order valence-corrected chi connectivity index (χ1v) is 7.95. The second-order valence-electron chi connectivity index (χ2n) is 5.62. The van der Waals surface area contributed by atoms with Crippen LogP contribution in [0.5, 0.6) is 5.75 Å². The van der Waals surface area contributed by atoms with Gasteiger partial charge < -0.3 is 20.3 Å². The van der Waals surface area contributed by atoms with Gasteiger partial charge in [-0.1, -0.05) is 11.6 Å².